The van der Waals surface area contributed by atoms with Crippen LogP contribution in [0.1, 0.15) is 83.6 Å². The Kier molecular flexibility index (Phi) is 8.53. The molecule has 1 fully saturated rings. The number of esters is 1. The first kappa shape index (κ1) is 20.9. The number of carbonyl (C=O) groups is 1. The van der Waals surface area contributed by atoms with Crippen LogP contribution in [-0.2, 0) is 11.2 Å². The van der Waals surface area contributed by atoms with Gasteiger partial charge in [-0.05, 0) is 36.3 Å². The number of unbranched alkanes of at least 4 members (excludes halogenated alkanes) is 2. The van der Waals surface area contributed by atoms with Gasteiger partial charge in [0.2, 0.25) is 5.82 Å². The fraction of sp³-hybridized carbons (Fsp3) is 0.682. The van der Waals surface area contributed by atoms with Crippen molar-refractivity contribution in [1.82, 2.24) is 0 Å². The zero-order valence-electron chi connectivity index (χ0n) is 16.2. The molecule has 0 amide bonds. The van der Waals surface area contributed by atoms with E-state index in [0.29, 0.717) is 17.9 Å². The number of benzene rings is 1. The van der Waals surface area contributed by atoms with Gasteiger partial charge in [0.05, 0.1) is 0 Å². The molecule has 0 aliphatic heterocycles. The van der Waals surface area contributed by atoms with Crippen LogP contribution in [0, 0.1) is 23.5 Å². The zero-order valence-corrected chi connectivity index (χ0v) is 16.2. The van der Waals surface area contributed by atoms with E-state index in [-0.39, 0.29) is 12.2 Å². The molecule has 2 nitrogen and oxygen atoms in total. The molecule has 4 heteroatoms. The van der Waals surface area contributed by atoms with Crippen molar-refractivity contribution in [2.75, 3.05) is 0 Å². The summed E-state index contributed by atoms with van der Waals surface area (Å²) < 4.78 is 33.1. The van der Waals surface area contributed by atoms with Crippen LogP contribution in [0.5, 0.6) is 5.75 Å². The third-order valence-electron chi connectivity index (χ3n) is 5.64. The minimum Gasteiger partial charge on any atom is -0.423 e. The van der Waals surface area contributed by atoms with Crippen LogP contribution < -0.4 is 4.74 Å². The van der Waals surface area contributed by atoms with Crippen molar-refractivity contribution in [3.8, 4) is 5.75 Å². The van der Waals surface area contributed by atoms with Gasteiger partial charge in [-0.2, -0.15) is 4.39 Å². The van der Waals surface area contributed by atoms with Gasteiger partial charge in [0.1, 0.15) is 0 Å². The van der Waals surface area contributed by atoms with Crippen molar-refractivity contribution >= 4 is 5.97 Å². The molecule has 1 aliphatic rings. The highest BCUT2D eigenvalue weighted by molar-refractivity contribution is 5.72. The van der Waals surface area contributed by atoms with Crippen molar-refractivity contribution in [3.05, 3.63) is 29.3 Å². The highest BCUT2D eigenvalue weighted by atomic mass is 19.2. The summed E-state index contributed by atoms with van der Waals surface area (Å²) in [6.45, 7) is 3.85. The summed E-state index contributed by atoms with van der Waals surface area (Å²) in [6.07, 6.45) is 11.8. The number of ether oxygens (including phenoxy) is 1. The standard InChI is InChI=1S/C22H32F2O2/c1-3-5-6-7-16-8-10-17(11-9-16)12-13-18-14-15-19(22(24)21(18)23)26-20(25)4-2/h14-17H,3-13H2,1-2H3/t16-,17-. The first-order valence-corrected chi connectivity index (χ1v) is 10.2. The lowest BCUT2D eigenvalue weighted by molar-refractivity contribution is -0.134. The number of hydrogen-bond acceptors (Lipinski definition) is 2. The molecule has 0 aromatic heterocycles. The van der Waals surface area contributed by atoms with E-state index in [2.05, 4.69) is 6.92 Å². The summed E-state index contributed by atoms with van der Waals surface area (Å²) >= 11 is 0. The molecule has 26 heavy (non-hydrogen) atoms. The van der Waals surface area contributed by atoms with Gasteiger partial charge in [-0.15, -0.1) is 0 Å². The molecule has 0 radical (unpaired) electrons. The molecule has 0 unspecified atom stereocenters. The SMILES string of the molecule is CCCCC[C@H]1CC[C@H](CCc2ccc(OC(=O)CC)c(F)c2F)CC1. The van der Waals surface area contributed by atoms with Crippen molar-refractivity contribution in [2.45, 2.75) is 84.5 Å². The van der Waals surface area contributed by atoms with E-state index in [0.717, 1.165) is 12.3 Å². The topological polar surface area (TPSA) is 26.3 Å². The average Bonchev–Trinajstić information content (AvgIpc) is 2.66. The monoisotopic (exact) mass is 366 g/mol. The van der Waals surface area contributed by atoms with E-state index in [1.165, 1.54) is 57.4 Å². The van der Waals surface area contributed by atoms with Gasteiger partial charge < -0.3 is 4.74 Å². The fourth-order valence-electron chi connectivity index (χ4n) is 3.89. The Balaban J connectivity index is 1.81. The molecule has 1 aromatic rings. The van der Waals surface area contributed by atoms with Crippen LogP contribution in [0.15, 0.2) is 12.1 Å². The summed E-state index contributed by atoms with van der Waals surface area (Å²) in [7, 11) is 0. The summed E-state index contributed by atoms with van der Waals surface area (Å²) in [6, 6.07) is 2.92. The Hall–Kier alpha value is -1.45. The quantitative estimate of drug-likeness (QED) is 0.280. The van der Waals surface area contributed by atoms with Gasteiger partial charge in [-0.1, -0.05) is 71.3 Å². The Morgan fingerprint density at radius 1 is 1.00 bits per heavy atom. The highest BCUT2D eigenvalue weighted by Gasteiger charge is 2.22. The minimum absolute atomic E-state index is 0.129. The van der Waals surface area contributed by atoms with Gasteiger partial charge in [0, 0.05) is 6.42 Å². The van der Waals surface area contributed by atoms with E-state index in [1.807, 2.05) is 0 Å². The molecule has 0 bridgehead atoms. The Bertz CT molecular complexity index is 578. The summed E-state index contributed by atoms with van der Waals surface area (Å²) in [5.74, 6) is -1.34. The van der Waals surface area contributed by atoms with Gasteiger partial charge in [0.25, 0.3) is 0 Å². The van der Waals surface area contributed by atoms with Gasteiger partial charge in [-0.3, -0.25) is 4.79 Å². The first-order chi connectivity index (χ1) is 12.5. The third-order valence-corrected chi connectivity index (χ3v) is 5.64. The summed E-state index contributed by atoms with van der Waals surface area (Å²) in [5.41, 5.74) is 0.379. The van der Waals surface area contributed by atoms with Crippen LogP contribution in [-0.4, -0.2) is 5.97 Å². The van der Waals surface area contributed by atoms with Crippen LogP contribution in [0.4, 0.5) is 8.78 Å². The number of hydrogen-bond donors (Lipinski definition) is 0. The highest BCUT2D eigenvalue weighted by Crippen LogP contribution is 2.35. The normalized spacial score (nSPS) is 20.2. The van der Waals surface area contributed by atoms with E-state index in [9.17, 15) is 13.6 Å². The molecule has 146 valence electrons. The number of aryl methyl sites for hydroxylation is 1. The molecule has 0 N–H and O–H groups in total. The van der Waals surface area contributed by atoms with E-state index in [1.54, 1.807) is 13.0 Å². The van der Waals surface area contributed by atoms with Crippen molar-refractivity contribution in [1.29, 1.82) is 0 Å². The molecule has 0 spiro atoms. The van der Waals surface area contributed by atoms with Crippen molar-refractivity contribution in [2.24, 2.45) is 11.8 Å². The Morgan fingerprint density at radius 2 is 1.65 bits per heavy atom. The maximum Gasteiger partial charge on any atom is 0.311 e. The van der Waals surface area contributed by atoms with Crippen LogP contribution in [0.25, 0.3) is 0 Å². The predicted octanol–water partition coefficient (Wildman–Crippen LogP) is 6.60. The van der Waals surface area contributed by atoms with Crippen LogP contribution >= 0.6 is 0 Å². The van der Waals surface area contributed by atoms with Gasteiger partial charge in [0.15, 0.2) is 11.6 Å². The number of carbonyl (C=O) groups excluding carboxylic acids is 1. The van der Waals surface area contributed by atoms with Gasteiger partial charge in [-0.25, -0.2) is 4.39 Å². The first-order valence-electron chi connectivity index (χ1n) is 10.2. The Labute approximate surface area is 156 Å². The predicted molar refractivity (Wildman–Crippen MR) is 100 cm³/mol. The van der Waals surface area contributed by atoms with Crippen molar-refractivity contribution in [3.63, 3.8) is 0 Å². The molecule has 0 atom stereocenters. The van der Waals surface area contributed by atoms with E-state index >= 15 is 0 Å². The molecular weight excluding hydrogens is 334 g/mol. The smallest absolute Gasteiger partial charge is 0.311 e. The number of halogens is 2. The van der Waals surface area contributed by atoms with E-state index < -0.39 is 17.6 Å². The molecule has 1 saturated carbocycles. The summed E-state index contributed by atoms with van der Waals surface area (Å²) in [4.78, 5) is 11.3. The molecule has 1 aliphatic carbocycles. The second kappa shape index (κ2) is 10.6. The Morgan fingerprint density at radius 3 is 2.27 bits per heavy atom. The maximum atomic E-state index is 14.2. The average molecular weight is 366 g/mol. The summed E-state index contributed by atoms with van der Waals surface area (Å²) in [5, 5.41) is 0. The van der Waals surface area contributed by atoms with Crippen molar-refractivity contribution < 1.29 is 18.3 Å². The largest absolute Gasteiger partial charge is 0.423 e. The lowest BCUT2D eigenvalue weighted by Gasteiger charge is -2.28. The molecule has 0 saturated heterocycles. The second-order valence-electron chi connectivity index (χ2n) is 7.60. The molecular formula is C22H32F2O2. The van der Waals surface area contributed by atoms with Crippen LogP contribution in [0.3, 0.4) is 0 Å². The maximum absolute atomic E-state index is 14.2. The number of rotatable bonds is 9. The molecule has 0 heterocycles. The molecule has 2 rings (SSSR count). The van der Waals surface area contributed by atoms with Crippen LogP contribution in [0.2, 0.25) is 0 Å². The molecule has 1 aromatic carbocycles. The van der Waals surface area contributed by atoms with Gasteiger partial charge >= 0.3 is 5.97 Å². The second-order valence-corrected chi connectivity index (χ2v) is 7.60. The van der Waals surface area contributed by atoms with E-state index in [4.69, 9.17) is 4.74 Å². The lowest BCUT2D eigenvalue weighted by atomic mass is 9.78. The minimum atomic E-state index is -1.05. The fourth-order valence-corrected chi connectivity index (χ4v) is 3.89. The lowest BCUT2D eigenvalue weighted by Crippen LogP contribution is -2.15. The third kappa shape index (κ3) is 6.07. The zero-order chi connectivity index (χ0) is 18.9.